The van der Waals surface area contributed by atoms with Crippen LogP contribution in [0.15, 0.2) is 12.1 Å². The third kappa shape index (κ3) is 3.69. The van der Waals surface area contributed by atoms with Gasteiger partial charge in [0.05, 0.1) is 0 Å². The molecule has 5 nitrogen and oxygen atoms in total. The van der Waals surface area contributed by atoms with E-state index < -0.39 is 5.97 Å². The number of hydrogen-bond acceptors (Lipinski definition) is 4. The monoisotopic (exact) mass is 237 g/mol. The highest BCUT2D eigenvalue weighted by molar-refractivity contribution is 5.85. The molecule has 0 saturated heterocycles. The Hall–Kier alpha value is -1.65. The molecule has 0 radical (unpaired) electrons. The Kier molecular flexibility index (Phi) is 4.04. The molecule has 1 aromatic heterocycles. The molecule has 17 heavy (non-hydrogen) atoms. The summed E-state index contributed by atoms with van der Waals surface area (Å²) in [6.45, 7) is 9.45. The molecule has 0 bridgehead atoms. The number of carbonyl (C=O) groups is 1. The van der Waals surface area contributed by atoms with Gasteiger partial charge in [-0.25, -0.2) is 4.79 Å². The molecule has 0 aliphatic carbocycles. The number of carboxylic acids is 1. The Balaban J connectivity index is 2.62. The highest BCUT2D eigenvalue weighted by Gasteiger charge is 2.22. The molecule has 1 aromatic rings. The van der Waals surface area contributed by atoms with E-state index in [0.29, 0.717) is 11.7 Å². The zero-order valence-electron chi connectivity index (χ0n) is 10.7. The van der Waals surface area contributed by atoms with Gasteiger partial charge in [0.2, 0.25) is 0 Å². The van der Waals surface area contributed by atoms with Crippen LogP contribution in [0.4, 0.5) is 5.82 Å². The molecular formula is C12H19N3O2. The van der Waals surface area contributed by atoms with Crippen molar-refractivity contribution < 1.29 is 9.90 Å². The van der Waals surface area contributed by atoms with Gasteiger partial charge in [-0.15, -0.1) is 10.2 Å². The van der Waals surface area contributed by atoms with Crippen LogP contribution in [-0.4, -0.2) is 27.8 Å². The molecule has 0 spiro atoms. The van der Waals surface area contributed by atoms with Crippen molar-refractivity contribution in [1.82, 2.24) is 10.2 Å². The maximum atomic E-state index is 10.6. The minimum absolute atomic E-state index is 0.0429. The predicted molar refractivity (Wildman–Crippen MR) is 66.1 cm³/mol. The van der Waals surface area contributed by atoms with Gasteiger partial charge in [-0.3, -0.25) is 0 Å². The van der Waals surface area contributed by atoms with Gasteiger partial charge in [0.25, 0.3) is 0 Å². The smallest absolute Gasteiger partial charge is 0.356 e. The van der Waals surface area contributed by atoms with Crippen molar-refractivity contribution >= 4 is 11.8 Å². The number of nitrogens with zero attached hydrogens (tertiary/aromatic N) is 2. The number of carboxylic acid groups (broad SMARTS) is 1. The summed E-state index contributed by atoms with van der Waals surface area (Å²) in [7, 11) is 0. The van der Waals surface area contributed by atoms with Crippen molar-refractivity contribution in [1.29, 1.82) is 0 Å². The molecule has 0 saturated carbocycles. The van der Waals surface area contributed by atoms with Crippen LogP contribution < -0.4 is 5.32 Å². The first-order valence-corrected chi connectivity index (χ1v) is 5.64. The quantitative estimate of drug-likeness (QED) is 0.821. The van der Waals surface area contributed by atoms with Crippen LogP contribution in [0.2, 0.25) is 0 Å². The summed E-state index contributed by atoms with van der Waals surface area (Å²) in [4.78, 5) is 10.6. The third-order valence-corrected chi connectivity index (χ3v) is 3.17. The Bertz CT molecular complexity index is 385. The van der Waals surface area contributed by atoms with Gasteiger partial charge < -0.3 is 10.4 Å². The first-order chi connectivity index (χ1) is 7.83. The van der Waals surface area contributed by atoms with Crippen LogP contribution in [0.3, 0.4) is 0 Å². The maximum Gasteiger partial charge on any atom is 0.356 e. The second-order valence-electron chi connectivity index (χ2n) is 5.11. The largest absolute Gasteiger partial charge is 0.476 e. The van der Waals surface area contributed by atoms with Crippen molar-refractivity contribution in [2.75, 3.05) is 11.9 Å². The number of aromatic nitrogens is 2. The van der Waals surface area contributed by atoms with Crippen LogP contribution in [0.25, 0.3) is 0 Å². The molecule has 0 aliphatic rings. The highest BCUT2D eigenvalue weighted by atomic mass is 16.4. The molecule has 0 atom stereocenters. The zero-order valence-corrected chi connectivity index (χ0v) is 10.7. The van der Waals surface area contributed by atoms with Gasteiger partial charge in [-0.2, -0.15) is 0 Å². The van der Waals surface area contributed by atoms with E-state index in [4.69, 9.17) is 5.11 Å². The van der Waals surface area contributed by atoms with E-state index in [-0.39, 0.29) is 11.1 Å². The van der Waals surface area contributed by atoms with E-state index in [1.807, 2.05) is 0 Å². The molecule has 0 amide bonds. The second kappa shape index (κ2) is 5.12. The fraction of sp³-hybridized carbons (Fsp3) is 0.583. The molecule has 5 heteroatoms. The number of anilines is 1. The molecule has 0 fully saturated rings. The Labute approximate surface area is 101 Å². The average molecular weight is 237 g/mol. The van der Waals surface area contributed by atoms with Crippen molar-refractivity contribution in [3.05, 3.63) is 17.8 Å². The fourth-order valence-electron chi connectivity index (χ4n) is 1.06. The van der Waals surface area contributed by atoms with Crippen LogP contribution >= 0.6 is 0 Å². The summed E-state index contributed by atoms with van der Waals surface area (Å²) in [6, 6.07) is 3.08. The van der Waals surface area contributed by atoms with E-state index in [2.05, 4.69) is 43.2 Å². The van der Waals surface area contributed by atoms with Gasteiger partial charge in [0.15, 0.2) is 5.69 Å². The standard InChI is InChI=1S/C12H19N3O2/c1-8(2)12(3,4)7-13-10-6-5-9(11(16)17)14-15-10/h5-6,8H,7H2,1-4H3,(H,13,15)(H,16,17). The van der Waals surface area contributed by atoms with Gasteiger partial charge in [0.1, 0.15) is 5.82 Å². The first kappa shape index (κ1) is 13.4. The molecule has 0 unspecified atom stereocenters. The molecule has 0 aliphatic heterocycles. The lowest BCUT2D eigenvalue weighted by Crippen LogP contribution is -2.28. The topological polar surface area (TPSA) is 75.1 Å². The van der Waals surface area contributed by atoms with E-state index in [1.165, 1.54) is 6.07 Å². The minimum Gasteiger partial charge on any atom is -0.476 e. The average Bonchev–Trinajstić information content (AvgIpc) is 2.27. The van der Waals surface area contributed by atoms with Crippen molar-refractivity contribution in [3.8, 4) is 0 Å². The molecular weight excluding hydrogens is 218 g/mol. The zero-order chi connectivity index (χ0) is 13.1. The number of aromatic carboxylic acids is 1. The van der Waals surface area contributed by atoms with E-state index in [9.17, 15) is 4.79 Å². The molecule has 0 aromatic carbocycles. The summed E-state index contributed by atoms with van der Waals surface area (Å²) < 4.78 is 0. The molecule has 94 valence electrons. The number of rotatable bonds is 5. The van der Waals surface area contributed by atoms with Crippen LogP contribution in [0.5, 0.6) is 0 Å². The Morgan fingerprint density at radius 3 is 2.47 bits per heavy atom. The normalized spacial score (nSPS) is 11.6. The minimum atomic E-state index is -1.06. The van der Waals surface area contributed by atoms with Gasteiger partial charge in [-0.05, 0) is 23.5 Å². The highest BCUT2D eigenvalue weighted by Crippen LogP contribution is 2.25. The predicted octanol–water partition coefficient (Wildman–Crippen LogP) is 2.27. The second-order valence-corrected chi connectivity index (χ2v) is 5.11. The van der Waals surface area contributed by atoms with Crippen LogP contribution in [-0.2, 0) is 0 Å². The molecule has 1 rings (SSSR count). The Morgan fingerprint density at radius 1 is 1.41 bits per heavy atom. The SMILES string of the molecule is CC(C)C(C)(C)CNc1ccc(C(=O)O)nn1. The Morgan fingerprint density at radius 2 is 2.06 bits per heavy atom. The number of nitrogens with one attached hydrogen (secondary N) is 1. The third-order valence-electron chi connectivity index (χ3n) is 3.17. The van der Waals surface area contributed by atoms with E-state index in [1.54, 1.807) is 6.07 Å². The lowest BCUT2D eigenvalue weighted by Gasteiger charge is -2.29. The first-order valence-electron chi connectivity index (χ1n) is 5.64. The van der Waals surface area contributed by atoms with Gasteiger partial charge in [0, 0.05) is 6.54 Å². The van der Waals surface area contributed by atoms with Crippen LogP contribution in [0.1, 0.15) is 38.2 Å². The molecule has 2 N–H and O–H groups in total. The van der Waals surface area contributed by atoms with Gasteiger partial charge >= 0.3 is 5.97 Å². The van der Waals surface area contributed by atoms with E-state index in [0.717, 1.165) is 6.54 Å². The van der Waals surface area contributed by atoms with Crippen molar-refractivity contribution in [3.63, 3.8) is 0 Å². The molecule has 1 heterocycles. The number of hydrogen-bond donors (Lipinski definition) is 2. The van der Waals surface area contributed by atoms with Crippen molar-refractivity contribution in [2.24, 2.45) is 11.3 Å². The summed E-state index contributed by atoms with van der Waals surface area (Å²) in [5, 5.41) is 19.3. The lowest BCUT2D eigenvalue weighted by molar-refractivity contribution is 0.0689. The summed E-state index contributed by atoms with van der Waals surface area (Å²) in [5.74, 6) is 0.0801. The van der Waals surface area contributed by atoms with Gasteiger partial charge in [-0.1, -0.05) is 27.7 Å². The van der Waals surface area contributed by atoms with E-state index >= 15 is 0 Å². The lowest BCUT2D eigenvalue weighted by atomic mass is 9.81. The summed E-state index contributed by atoms with van der Waals surface area (Å²) in [5.41, 5.74) is 0.103. The van der Waals surface area contributed by atoms with Crippen LogP contribution in [0, 0.1) is 11.3 Å². The summed E-state index contributed by atoms with van der Waals surface area (Å²) >= 11 is 0. The maximum absolute atomic E-state index is 10.6. The summed E-state index contributed by atoms with van der Waals surface area (Å²) in [6.07, 6.45) is 0. The fourth-order valence-corrected chi connectivity index (χ4v) is 1.06. The van der Waals surface area contributed by atoms with Crippen molar-refractivity contribution in [2.45, 2.75) is 27.7 Å².